The second-order valence-electron chi connectivity index (χ2n) is 4.64. The molecule has 1 amide bonds. The smallest absolute Gasteiger partial charge is 0.223 e. The topological polar surface area (TPSA) is 32.3 Å². The fraction of sp³-hybridized carbons (Fsp3) is 0.615. The average Bonchev–Trinajstić information content (AvgIpc) is 2.98. The van der Waals surface area contributed by atoms with Crippen LogP contribution in [0.1, 0.15) is 24.1 Å². The summed E-state index contributed by atoms with van der Waals surface area (Å²) in [5.41, 5.74) is 0. The maximum atomic E-state index is 11.9. The van der Waals surface area contributed by atoms with Crippen LogP contribution in [0.5, 0.6) is 0 Å². The molecule has 1 unspecified atom stereocenters. The summed E-state index contributed by atoms with van der Waals surface area (Å²) < 4.78 is 0. The largest absolute Gasteiger partial charge is 0.345 e. The molecule has 1 aliphatic rings. The summed E-state index contributed by atoms with van der Waals surface area (Å²) in [6, 6.07) is 4.60. The Balaban J connectivity index is 1.71. The maximum absolute atomic E-state index is 11.9. The SMILES string of the molecule is CN(CCc1cccs1)C(=O)CC1CCCN1. The lowest BCUT2D eigenvalue weighted by atomic mass is 10.1. The Morgan fingerprint density at radius 1 is 1.65 bits per heavy atom. The number of carbonyl (C=O) groups excluding carboxylic acids is 1. The molecule has 1 atom stereocenters. The lowest BCUT2D eigenvalue weighted by molar-refractivity contribution is -0.130. The minimum Gasteiger partial charge on any atom is -0.345 e. The first-order chi connectivity index (χ1) is 8.25. The Labute approximate surface area is 107 Å². The average molecular weight is 252 g/mol. The van der Waals surface area contributed by atoms with Gasteiger partial charge in [-0.3, -0.25) is 4.79 Å². The van der Waals surface area contributed by atoms with Crippen LogP contribution >= 0.6 is 11.3 Å². The van der Waals surface area contributed by atoms with Crippen molar-refractivity contribution >= 4 is 17.2 Å². The molecule has 0 radical (unpaired) electrons. The van der Waals surface area contributed by atoms with E-state index in [0.29, 0.717) is 12.5 Å². The minimum absolute atomic E-state index is 0.265. The van der Waals surface area contributed by atoms with E-state index in [1.54, 1.807) is 11.3 Å². The second kappa shape index (κ2) is 6.17. The van der Waals surface area contributed by atoms with Gasteiger partial charge in [0, 0.05) is 30.9 Å². The fourth-order valence-electron chi connectivity index (χ4n) is 2.15. The van der Waals surface area contributed by atoms with Gasteiger partial charge in [0.15, 0.2) is 0 Å². The third kappa shape index (κ3) is 3.82. The zero-order valence-electron chi connectivity index (χ0n) is 10.3. The van der Waals surface area contributed by atoms with Crippen LogP contribution in [0.2, 0.25) is 0 Å². The highest BCUT2D eigenvalue weighted by Gasteiger charge is 2.19. The number of hydrogen-bond donors (Lipinski definition) is 1. The van der Waals surface area contributed by atoms with Crippen molar-refractivity contribution < 1.29 is 4.79 Å². The number of carbonyl (C=O) groups is 1. The van der Waals surface area contributed by atoms with Gasteiger partial charge in [-0.05, 0) is 37.3 Å². The zero-order valence-corrected chi connectivity index (χ0v) is 11.1. The van der Waals surface area contributed by atoms with Gasteiger partial charge in [-0.2, -0.15) is 0 Å². The standard InChI is InChI=1S/C13H20N2OS/c1-15(8-6-12-5-3-9-17-12)13(16)10-11-4-2-7-14-11/h3,5,9,11,14H,2,4,6-8,10H2,1H3. The number of nitrogens with zero attached hydrogens (tertiary/aromatic N) is 1. The molecule has 2 rings (SSSR count). The van der Waals surface area contributed by atoms with Gasteiger partial charge in [-0.25, -0.2) is 0 Å². The molecule has 17 heavy (non-hydrogen) atoms. The molecule has 4 heteroatoms. The Kier molecular flexibility index (Phi) is 4.57. The van der Waals surface area contributed by atoms with Gasteiger partial charge in [-0.1, -0.05) is 6.07 Å². The van der Waals surface area contributed by atoms with Gasteiger partial charge in [0.25, 0.3) is 0 Å². The van der Waals surface area contributed by atoms with Gasteiger partial charge < -0.3 is 10.2 Å². The Bertz CT molecular complexity index is 344. The normalized spacial score (nSPS) is 19.5. The van der Waals surface area contributed by atoms with E-state index in [1.165, 1.54) is 11.3 Å². The van der Waals surface area contributed by atoms with E-state index < -0.39 is 0 Å². The van der Waals surface area contributed by atoms with Crippen LogP contribution in [0.4, 0.5) is 0 Å². The zero-order chi connectivity index (χ0) is 12.1. The summed E-state index contributed by atoms with van der Waals surface area (Å²) in [6.45, 7) is 1.89. The van der Waals surface area contributed by atoms with Crippen molar-refractivity contribution in [3.05, 3.63) is 22.4 Å². The number of thiophene rings is 1. The molecule has 0 saturated carbocycles. The van der Waals surface area contributed by atoms with Gasteiger partial charge in [0.2, 0.25) is 5.91 Å². The first-order valence-corrected chi connectivity index (χ1v) is 7.13. The van der Waals surface area contributed by atoms with Crippen molar-refractivity contribution in [3.8, 4) is 0 Å². The summed E-state index contributed by atoms with van der Waals surface area (Å²) in [4.78, 5) is 15.2. The second-order valence-corrected chi connectivity index (χ2v) is 5.67. The molecule has 3 nitrogen and oxygen atoms in total. The Morgan fingerprint density at radius 3 is 3.18 bits per heavy atom. The summed E-state index contributed by atoms with van der Waals surface area (Å²) in [7, 11) is 1.91. The molecule has 1 saturated heterocycles. The van der Waals surface area contributed by atoms with Crippen molar-refractivity contribution in [3.63, 3.8) is 0 Å². The molecular formula is C13H20N2OS. The molecule has 1 aromatic heterocycles. The van der Waals surface area contributed by atoms with Crippen LogP contribution in [-0.4, -0.2) is 37.0 Å². The number of likely N-dealkylation sites (N-methyl/N-ethyl adjacent to an activating group) is 1. The summed E-state index contributed by atoms with van der Waals surface area (Å²) >= 11 is 1.76. The van der Waals surface area contributed by atoms with Crippen LogP contribution in [0.25, 0.3) is 0 Å². The highest BCUT2D eigenvalue weighted by atomic mass is 32.1. The monoisotopic (exact) mass is 252 g/mol. The summed E-state index contributed by atoms with van der Waals surface area (Å²) in [6.07, 6.45) is 3.97. The van der Waals surface area contributed by atoms with E-state index in [0.717, 1.165) is 25.9 Å². The Morgan fingerprint density at radius 2 is 2.53 bits per heavy atom. The number of nitrogens with one attached hydrogen (secondary N) is 1. The fourth-order valence-corrected chi connectivity index (χ4v) is 2.85. The molecule has 1 fully saturated rings. The number of amides is 1. The van der Waals surface area contributed by atoms with Gasteiger partial charge in [-0.15, -0.1) is 11.3 Å². The van der Waals surface area contributed by atoms with Crippen LogP contribution in [-0.2, 0) is 11.2 Å². The number of rotatable bonds is 5. The predicted octanol–water partition coefficient (Wildman–Crippen LogP) is 1.89. The molecule has 0 aromatic carbocycles. The predicted molar refractivity (Wildman–Crippen MR) is 71.3 cm³/mol. The first kappa shape index (κ1) is 12.6. The van der Waals surface area contributed by atoms with Crippen molar-refractivity contribution in [1.29, 1.82) is 0 Å². The molecule has 0 aliphatic carbocycles. The van der Waals surface area contributed by atoms with E-state index in [1.807, 2.05) is 11.9 Å². The van der Waals surface area contributed by atoms with Crippen LogP contribution in [0, 0.1) is 0 Å². The highest BCUT2D eigenvalue weighted by Crippen LogP contribution is 2.12. The lowest BCUT2D eigenvalue weighted by Crippen LogP contribution is -2.34. The van der Waals surface area contributed by atoms with Gasteiger partial charge in [0.1, 0.15) is 0 Å². The Hall–Kier alpha value is -0.870. The van der Waals surface area contributed by atoms with E-state index in [2.05, 4.69) is 22.8 Å². The first-order valence-electron chi connectivity index (χ1n) is 6.25. The number of hydrogen-bond acceptors (Lipinski definition) is 3. The van der Waals surface area contributed by atoms with Crippen LogP contribution < -0.4 is 5.32 Å². The van der Waals surface area contributed by atoms with Crippen LogP contribution in [0.15, 0.2) is 17.5 Å². The molecule has 0 spiro atoms. The maximum Gasteiger partial charge on any atom is 0.223 e. The van der Waals surface area contributed by atoms with E-state index in [4.69, 9.17) is 0 Å². The molecule has 2 heterocycles. The van der Waals surface area contributed by atoms with E-state index in [9.17, 15) is 4.79 Å². The molecule has 1 aromatic rings. The highest BCUT2D eigenvalue weighted by molar-refractivity contribution is 7.09. The van der Waals surface area contributed by atoms with Crippen molar-refractivity contribution in [2.24, 2.45) is 0 Å². The molecule has 94 valence electrons. The third-order valence-corrected chi connectivity index (χ3v) is 4.22. The molecule has 1 aliphatic heterocycles. The minimum atomic E-state index is 0.265. The molecule has 0 bridgehead atoms. The third-order valence-electron chi connectivity index (χ3n) is 3.28. The van der Waals surface area contributed by atoms with Crippen molar-refractivity contribution in [2.75, 3.05) is 20.1 Å². The summed E-state index contributed by atoms with van der Waals surface area (Å²) in [5, 5.41) is 5.45. The lowest BCUT2D eigenvalue weighted by Gasteiger charge is -2.19. The molecular weight excluding hydrogens is 232 g/mol. The van der Waals surface area contributed by atoms with Gasteiger partial charge in [0.05, 0.1) is 0 Å². The quantitative estimate of drug-likeness (QED) is 0.868. The summed E-state index contributed by atoms with van der Waals surface area (Å²) in [5.74, 6) is 0.265. The van der Waals surface area contributed by atoms with E-state index >= 15 is 0 Å². The molecule has 1 N–H and O–H groups in total. The van der Waals surface area contributed by atoms with Crippen molar-refractivity contribution in [2.45, 2.75) is 31.7 Å². The van der Waals surface area contributed by atoms with Crippen LogP contribution in [0.3, 0.4) is 0 Å². The van der Waals surface area contributed by atoms with E-state index in [-0.39, 0.29) is 5.91 Å². The van der Waals surface area contributed by atoms with Crippen molar-refractivity contribution in [1.82, 2.24) is 10.2 Å². The van der Waals surface area contributed by atoms with Gasteiger partial charge >= 0.3 is 0 Å².